The van der Waals surface area contributed by atoms with Crippen molar-refractivity contribution in [2.45, 2.75) is 62.7 Å². The first-order valence-corrected chi connectivity index (χ1v) is 15.4. The number of hydrogen-bond acceptors (Lipinski definition) is 5. The molecule has 6 heteroatoms. The lowest BCUT2D eigenvalue weighted by Gasteiger charge is -2.43. The van der Waals surface area contributed by atoms with E-state index in [1.54, 1.807) is 0 Å². The van der Waals surface area contributed by atoms with Crippen LogP contribution in [0.15, 0.2) is 60.7 Å². The molecule has 0 spiro atoms. The fraction of sp³-hybridized carbons (Fsp3) is 0.500. The Balaban J connectivity index is 2.44. The molecule has 3 nitrogen and oxygen atoms in total. The largest absolute Gasteiger partial charge is 0.458 e. The van der Waals surface area contributed by atoms with Crippen LogP contribution in [0.4, 0.5) is 0 Å². The van der Waals surface area contributed by atoms with Crippen molar-refractivity contribution in [1.29, 1.82) is 0 Å². The Morgan fingerprint density at radius 2 is 1.25 bits per heavy atom. The molecule has 0 aliphatic heterocycles. The Morgan fingerprint density at radius 3 is 1.59 bits per heavy atom. The number of esters is 1. The number of carbonyl (C=O) groups excluding carboxylic acids is 1. The fourth-order valence-electron chi connectivity index (χ4n) is 4.01. The number of hydrogen-bond donors (Lipinski definition) is 0. The SMILES string of the molecule is CSC(CCO[Si](c1ccccc1)(c1ccccc1)C(C)(C)C)(SC)C(=O)OC(C)(C)C. The van der Waals surface area contributed by atoms with E-state index in [9.17, 15) is 4.79 Å². The van der Waals surface area contributed by atoms with Crippen molar-refractivity contribution in [3.8, 4) is 0 Å². The summed E-state index contributed by atoms with van der Waals surface area (Å²) in [5.41, 5.74) is -0.521. The molecule has 0 saturated heterocycles. The Labute approximate surface area is 204 Å². The van der Waals surface area contributed by atoms with E-state index < -0.39 is 18.0 Å². The van der Waals surface area contributed by atoms with Gasteiger partial charge in [-0.3, -0.25) is 0 Å². The maximum atomic E-state index is 13.1. The molecule has 0 heterocycles. The molecule has 0 N–H and O–H groups in total. The zero-order valence-corrected chi connectivity index (χ0v) is 23.4. The Bertz CT molecular complexity index is 815. The highest BCUT2D eigenvalue weighted by atomic mass is 32.2. The highest BCUT2D eigenvalue weighted by molar-refractivity contribution is 8.18. The lowest BCUT2D eigenvalue weighted by molar-refractivity contribution is -0.155. The van der Waals surface area contributed by atoms with Crippen LogP contribution in [0.2, 0.25) is 5.04 Å². The van der Waals surface area contributed by atoms with Crippen molar-refractivity contribution >= 4 is 48.2 Å². The average molecular weight is 491 g/mol. The summed E-state index contributed by atoms with van der Waals surface area (Å²) in [7, 11) is -2.63. The van der Waals surface area contributed by atoms with Gasteiger partial charge in [0.15, 0.2) is 4.08 Å². The Hall–Kier alpha value is -1.21. The molecule has 2 aromatic carbocycles. The smallest absolute Gasteiger partial charge is 0.333 e. The van der Waals surface area contributed by atoms with E-state index >= 15 is 0 Å². The number of carbonyl (C=O) groups is 1. The normalized spacial score (nSPS) is 13.1. The topological polar surface area (TPSA) is 35.5 Å². The van der Waals surface area contributed by atoms with Gasteiger partial charge in [0.05, 0.1) is 0 Å². The molecule has 0 unspecified atom stereocenters. The quantitative estimate of drug-likeness (QED) is 0.255. The first-order chi connectivity index (χ1) is 14.9. The van der Waals surface area contributed by atoms with E-state index in [0.29, 0.717) is 13.0 Å². The van der Waals surface area contributed by atoms with Gasteiger partial charge in [0.1, 0.15) is 5.60 Å². The van der Waals surface area contributed by atoms with Crippen LogP contribution in [0, 0.1) is 0 Å². The molecule has 0 aliphatic rings. The van der Waals surface area contributed by atoms with Crippen molar-refractivity contribution in [3.05, 3.63) is 60.7 Å². The van der Waals surface area contributed by atoms with Crippen LogP contribution in [0.5, 0.6) is 0 Å². The third kappa shape index (κ3) is 6.02. The summed E-state index contributed by atoms with van der Waals surface area (Å²) in [5, 5.41) is 2.40. The number of benzene rings is 2. The number of ether oxygens (including phenoxy) is 1. The average Bonchev–Trinajstić information content (AvgIpc) is 2.73. The van der Waals surface area contributed by atoms with Gasteiger partial charge in [0.25, 0.3) is 8.32 Å². The van der Waals surface area contributed by atoms with Gasteiger partial charge in [0, 0.05) is 13.0 Å². The second kappa shape index (κ2) is 10.8. The second-order valence-corrected chi connectivity index (χ2v) is 16.7. The minimum atomic E-state index is -2.63. The lowest BCUT2D eigenvalue weighted by atomic mass is 10.2. The molecule has 0 aliphatic carbocycles. The highest BCUT2D eigenvalue weighted by Gasteiger charge is 2.51. The Morgan fingerprint density at radius 1 is 0.812 bits per heavy atom. The first-order valence-electron chi connectivity index (χ1n) is 11.0. The monoisotopic (exact) mass is 490 g/mol. The molecule has 0 aromatic heterocycles. The summed E-state index contributed by atoms with van der Waals surface area (Å²) in [4.78, 5) is 13.1. The molecule has 0 fully saturated rings. The second-order valence-electron chi connectivity index (χ2n) is 9.92. The van der Waals surface area contributed by atoms with Gasteiger partial charge in [-0.15, -0.1) is 23.5 Å². The van der Waals surface area contributed by atoms with Gasteiger partial charge in [-0.25, -0.2) is 4.79 Å². The van der Waals surface area contributed by atoms with Gasteiger partial charge in [-0.1, -0.05) is 81.4 Å². The van der Waals surface area contributed by atoms with Crippen LogP contribution in [0.25, 0.3) is 0 Å². The minimum Gasteiger partial charge on any atom is -0.458 e. The molecular weight excluding hydrogens is 453 g/mol. The standard InChI is InChI=1S/C26H38O3S2Si/c1-24(2,3)29-23(27)26(30-7,31-8)19-20-28-32(25(4,5)6,21-15-11-9-12-16-21)22-17-13-10-14-18-22/h9-18H,19-20H2,1-8H3. The highest BCUT2D eigenvalue weighted by Crippen LogP contribution is 2.41. The number of rotatable bonds is 9. The van der Waals surface area contributed by atoms with Gasteiger partial charge < -0.3 is 9.16 Å². The zero-order chi connectivity index (χ0) is 24.0. The van der Waals surface area contributed by atoms with E-state index in [1.165, 1.54) is 33.9 Å². The molecule has 0 bridgehead atoms. The van der Waals surface area contributed by atoms with Crippen LogP contribution < -0.4 is 10.4 Å². The summed E-state index contributed by atoms with van der Waals surface area (Å²) < 4.78 is 12.1. The summed E-state index contributed by atoms with van der Waals surface area (Å²) in [6.07, 6.45) is 4.53. The summed E-state index contributed by atoms with van der Waals surface area (Å²) in [5.74, 6) is -0.184. The summed E-state index contributed by atoms with van der Waals surface area (Å²) in [6, 6.07) is 21.2. The predicted octanol–water partition coefficient (Wildman–Crippen LogP) is 5.72. The van der Waals surface area contributed by atoms with E-state index in [-0.39, 0.29) is 11.0 Å². The van der Waals surface area contributed by atoms with Crippen molar-refractivity contribution in [2.75, 3.05) is 19.1 Å². The third-order valence-electron chi connectivity index (χ3n) is 5.54. The van der Waals surface area contributed by atoms with Gasteiger partial charge in [-0.2, -0.15) is 0 Å². The van der Waals surface area contributed by atoms with Crippen molar-refractivity contribution in [1.82, 2.24) is 0 Å². The number of thioether (sulfide) groups is 2. The third-order valence-corrected chi connectivity index (χ3v) is 13.6. The van der Waals surface area contributed by atoms with E-state index in [0.717, 1.165) is 0 Å². The molecule has 0 saturated carbocycles. The molecular formula is C26H38O3S2Si. The summed E-state index contributed by atoms with van der Waals surface area (Å²) in [6.45, 7) is 13.0. The van der Waals surface area contributed by atoms with Gasteiger partial charge in [0.2, 0.25) is 0 Å². The zero-order valence-electron chi connectivity index (χ0n) is 20.7. The van der Waals surface area contributed by atoms with E-state index in [2.05, 4.69) is 69.3 Å². The van der Waals surface area contributed by atoms with Crippen molar-refractivity contribution in [3.63, 3.8) is 0 Å². The Kier molecular flexibility index (Phi) is 9.13. The van der Waals surface area contributed by atoms with Crippen LogP contribution in [0.3, 0.4) is 0 Å². The molecule has 176 valence electrons. The summed E-state index contributed by atoms with van der Waals surface area (Å²) >= 11 is 3.08. The molecule has 0 amide bonds. The molecule has 0 radical (unpaired) electrons. The fourth-order valence-corrected chi connectivity index (χ4v) is 10.2. The van der Waals surface area contributed by atoms with Crippen LogP contribution in [-0.4, -0.2) is 43.1 Å². The lowest BCUT2D eigenvalue weighted by Crippen LogP contribution is -2.66. The van der Waals surface area contributed by atoms with Crippen LogP contribution in [-0.2, 0) is 14.0 Å². The van der Waals surface area contributed by atoms with E-state index in [4.69, 9.17) is 9.16 Å². The van der Waals surface area contributed by atoms with Crippen molar-refractivity contribution in [2.24, 2.45) is 0 Å². The minimum absolute atomic E-state index is 0.0942. The molecule has 0 atom stereocenters. The molecule has 2 rings (SSSR count). The predicted molar refractivity (Wildman–Crippen MR) is 144 cm³/mol. The van der Waals surface area contributed by atoms with Gasteiger partial charge in [-0.05, 0) is 48.7 Å². The first kappa shape index (κ1) is 27.0. The molecule has 2 aromatic rings. The van der Waals surface area contributed by atoms with Crippen LogP contribution >= 0.6 is 23.5 Å². The molecule has 32 heavy (non-hydrogen) atoms. The van der Waals surface area contributed by atoms with E-state index in [1.807, 2.05) is 45.4 Å². The van der Waals surface area contributed by atoms with Crippen LogP contribution in [0.1, 0.15) is 48.0 Å². The maximum Gasteiger partial charge on any atom is 0.333 e. The maximum absolute atomic E-state index is 13.1. The van der Waals surface area contributed by atoms with Gasteiger partial charge >= 0.3 is 5.97 Å². The van der Waals surface area contributed by atoms with Crippen molar-refractivity contribution < 1.29 is 14.0 Å².